The minimum Gasteiger partial charge on any atom is -0.508 e. The van der Waals surface area contributed by atoms with E-state index >= 15 is 0 Å². The molecule has 4 N–H and O–H groups in total. The molecule has 0 bridgehead atoms. The van der Waals surface area contributed by atoms with Gasteiger partial charge < -0.3 is 20.4 Å². The summed E-state index contributed by atoms with van der Waals surface area (Å²) in [6.45, 7) is 1.62. The molecule has 8 aromatic rings. The summed E-state index contributed by atoms with van der Waals surface area (Å²) < 4.78 is 0. The van der Waals surface area contributed by atoms with Crippen molar-refractivity contribution in [2.45, 2.75) is 26.2 Å². The zero-order valence-corrected chi connectivity index (χ0v) is 39.5. The lowest BCUT2D eigenvalue weighted by Gasteiger charge is -2.16. The van der Waals surface area contributed by atoms with Crippen molar-refractivity contribution in [2.75, 3.05) is 0 Å². The van der Waals surface area contributed by atoms with Crippen LogP contribution in [0.4, 0.5) is 68.2 Å². The van der Waals surface area contributed by atoms with Crippen LogP contribution in [-0.4, -0.2) is 40.1 Å². The lowest BCUT2D eigenvalue weighted by atomic mass is 9.93. The van der Waals surface area contributed by atoms with Gasteiger partial charge in [-0.05, 0) is 91.3 Å². The van der Waals surface area contributed by atoms with E-state index in [1.807, 2.05) is 0 Å². The van der Waals surface area contributed by atoms with E-state index in [0.717, 1.165) is 0 Å². The van der Waals surface area contributed by atoms with Gasteiger partial charge in [-0.25, -0.2) is 0 Å². The van der Waals surface area contributed by atoms with Crippen LogP contribution >= 0.6 is 0 Å². The highest BCUT2D eigenvalue weighted by Crippen LogP contribution is 2.41. The molecular weight excluding hydrogens is 985 g/mol. The number of aryl methyl sites for hydroxylation is 1. The Morgan fingerprint density at radius 2 is 0.592 bits per heavy atom. The van der Waals surface area contributed by atoms with Gasteiger partial charge in [-0.1, -0.05) is 24.3 Å². The molecule has 0 aliphatic heterocycles. The second-order valence-corrected chi connectivity index (χ2v) is 16.7. The summed E-state index contributed by atoms with van der Waals surface area (Å²) in [6.07, 6.45) is -0.564. The third kappa shape index (κ3) is 12.7. The summed E-state index contributed by atoms with van der Waals surface area (Å²) in [7, 11) is 0. The van der Waals surface area contributed by atoms with Crippen molar-refractivity contribution >= 4 is 68.2 Å². The molecule has 0 atom stereocenters. The van der Waals surface area contributed by atoms with Crippen molar-refractivity contribution in [2.24, 2.45) is 40.9 Å². The lowest BCUT2D eigenvalue weighted by Crippen LogP contribution is -1.98. The van der Waals surface area contributed by atoms with E-state index in [0.29, 0.717) is 5.56 Å². The number of nitrogens with zero attached hydrogens (tertiary/aromatic N) is 12. The van der Waals surface area contributed by atoms with E-state index in [1.54, 1.807) is 13.0 Å². The fourth-order valence-electron chi connectivity index (χ4n) is 7.69. The summed E-state index contributed by atoms with van der Waals surface area (Å²) >= 11 is 0. The molecule has 0 aliphatic carbocycles. The first-order valence-corrected chi connectivity index (χ1v) is 22.4. The first-order valence-electron chi connectivity index (χ1n) is 22.4. The molecule has 24 heteroatoms. The van der Waals surface area contributed by atoms with Crippen LogP contribution in [0.3, 0.4) is 0 Å². The van der Waals surface area contributed by atoms with E-state index in [1.165, 1.54) is 146 Å². The van der Waals surface area contributed by atoms with Gasteiger partial charge in [-0.3, -0.25) is 40.5 Å². The van der Waals surface area contributed by atoms with Crippen LogP contribution in [0, 0.1) is 47.4 Å². The normalized spacial score (nSPS) is 11.5. The number of non-ortho nitro benzene ring substituents is 4. The van der Waals surface area contributed by atoms with E-state index in [-0.39, 0.29) is 144 Å². The maximum atomic E-state index is 12.1. The van der Waals surface area contributed by atoms with Crippen molar-refractivity contribution < 1.29 is 40.1 Å². The van der Waals surface area contributed by atoms with Gasteiger partial charge in [-0.2, -0.15) is 40.9 Å². The third-order valence-electron chi connectivity index (χ3n) is 11.4. The second kappa shape index (κ2) is 22.6. The summed E-state index contributed by atoms with van der Waals surface area (Å²) in [5.74, 6) is -0.965. The smallest absolute Gasteiger partial charge is 0.271 e. The topological polar surface area (TPSA) is 352 Å². The molecule has 0 amide bonds. The maximum absolute atomic E-state index is 12.1. The first kappa shape index (κ1) is 51.3. The van der Waals surface area contributed by atoms with Crippen LogP contribution < -0.4 is 0 Å². The molecule has 76 heavy (non-hydrogen) atoms. The fourth-order valence-corrected chi connectivity index (χ4v) is 7.69. The largest absolute Gasteiger partial charge is 0.508 e. The highest BCUT2D eigenvalue weighted by Gasteiger charge is 2.20. The Hall–Kier alpha value is -11.0. The van der Waals surface area contributed by atoms with Gasteiger partial charge in [0.05, 0.1) is 65.2 Å². The van der Waals surface area contributed by atoms with Gasteiger partial charge in [0.15, 0.2) is 0 Å². The average molecular weight is 1020 g/mol. The maximum Gasteiger partial charge on any atom is 0.271 e. The van der Waals surface area contributed by atoms with E-state index in [2.05, 4.69) is 40.9 Å². The number of hydrogen-bond acceptors (Lipinski definition) is 20. The monoisotopic (exact) mass is 1020 g/mol. The van der Waals surface area contributed by atoms with E-state index < -0.39 is 19.7 Å². The summed E-state index contributed by atoms with van der Waals surface area (Å²) in [6, 6.07) is 35.1. The summed E-state index contributed by atoms with van der Waals surface area (Å²) in [5.41, 5.74) is 2.12. The van der Waals surface area contributed by atoms with E-state index in [4.69, 9.17) is 0 Å². The fraction of sp³-hybridized carbons (Fsp3) is 0.0769. The van der Waals surface area contributed by atoms with Crippen LogP contribution in [-0.2, 0) is 19.3 Å². The molecule has 8 aromatic carbocycles. The van der Waals surface area contributed by atoms with Crippen molar-refractivity contribution in [3.8, 4) is 23.0 Å². The Bertz CT molecular complexity index is 3750. The highest BCUT2D eigenvalue weighted by molar-refractivity contribution is 5.62. The van der Waals surface area contributed by atoms with Crippen LogP contribution in [0.2, 0.25) is 0 Å². The zero-order chi connectivity index (χ0) is 54.0. The number of nitro benzene ring substituents is 4. The van der Waals surface area contributed by atoms with Gasteiger partial charge in [-0.15, -0.1) is 0 Å². The van der Waals surface area contributed by atoms with Gasteiger partial charge in [0, 0.05) is 101 Å². The third-order valence-corrected chi connectivity index (χ3v) is 11.4. The Morgan fingerprint density at radius 1 is 0.329 bits per heavy atom. The number of rotatable bonds is 18. The van der Waals surface area contributed by atoms with Gasteiger partial charge >= 0.3 is 0 Å². The number of aromatic hydroxyl groups is 4. The number of benzene rings is 8. The van der Waals surface area contributed by atoms with Crippen LogP contribution in [0.15, 0.2) is 193 Å². The first-order chi connectivity index (χ1) is 36.5. The number of nitro groups is 4. The number of hydrogen-bond donors (Lipinski definition) is 4. The Labute approximate surface area is 428 Å². The van der Waals surface area contributed by atoms with Crippen molar-refractivity contribution in [3.05, 3.63) is 231 Å². The number of azo groups is 4. The Morgan fingerprint density at radius 3 is 0.921 bits per heavy atom. The Balaban J connectivity index is 1.21. The van der Waals surface area contributed by atoms with Crippen LogP contribution in [0.25, 0.3) is 0 Å². The molecule has 0 aromatic heterocycles. The molecule has 0 unspecified atom stereocenters. The van der Waals surface area contributed by atoms with Gasteiger partial charge in [0.2, 0.25) is 0 Å². The zero-order valence-electron chi connectivity index (χ0n) is 39.5. The molecule has 0 heterocycles. The quantitative estimate of drug-likeness (QED) is 0.0354. The predicted octanol–water partition coefficient (Wildman–Crippen LogP) is 14.9. The lowest BCUT2D eigenvalue weighted by molar-refractivity contribution is -0.385. The standard InChI is InChI=1S/C52H38N12O12/c1-30-16-42(58-54-38-7-3-11-46(27-38)62(71)72)21-32(50(30)66)18-34-23-44(60-56-40-9-5-13-48(29-40)64(75)76)25-36(52(34)68)19-35-24-43(59-55-39-8-4-12-47(28-39)63(73)74)22-33(51(35)67)17-31-20-41(14-15-49(31)65)57-53-37-6-2-10-45(26-37)61(69)70/h2-16,20-29,65-68H,17-19H2,1H3. The molecule has 0 saturated carbocycles. The number of phenols is 4. The number of phenolic OH excluding ortho intramolecular Hbond substituents is 4. The molecular formula is C52H38N12O12. The van der Waals surface area contributed by atoms with Crippen molar-refractivity contribution in [1.29, 1.82) is 0 Å². The molecule has 0 saturated heterocycles. The molecule has 0 aliphatic rings. The minimum atomic E-state index is -0.592. The molecule has 0 fully saturated rings. The average Bonchev–Trinajstić information content (AvgIpc) is 3.41. The van der Waals surface area contributed by atoms with E-state index in [9.17, 15) is 60.9 Å². The van der Waals surface area contributed by atoms with Crippen LogP contribution in [0.1, 0.15) is 38.9 Å². The van der Waals surface area contributed by atoms with Crippen molar-refractivity contribution in [1.82, 2.24) is 0 Å². The van der Waals surface area contributed by atoms with Crippen molar-refractivity contribution in [3.63, 3.8) is 0 Å². The Kier molecular flexibility index (Phi) is 15.2. The summed E-state index contributed by atoms with van der Waals surface area (Å²) in [5, 5.41) is 126. The molecule has 0 radical (unpaired) electrons. The molecule has 378 valence electrons. The highest BCUT2D eigenvalue weighted by atomic mass is 16.6. The predicted molar refractivity (Wildman–Crippen MR) is 275 cm³/mol. The molecule has 8 rings (SSSR count). The second-order valence-electron chi connectivity index (χ2n) is 16.7. The summed E-state index contributed by atoms with van der Waals surface area (Å²) in [4.78, 5) is 43.4. The minimum absolute atomic E-state index is 0.127. The van der Waals surface area contributed by atoms with Gasteiger partial charge in [0.1, 0.15) is 23.0 Å². The SMILES string of the molecule is Cc1cc(N=Nc2cccc([N+](=O)[O-])c2)cc(Cc2cc(N=Nc3cccc([N+](=O)[O-])c3)cc(Cc3cc(N=Nc4cccc([N+](=O)[O-])c4)cc(Cc4cc(N=Nc5cccc([N+](=O)[O-])c5)ccc4O)c3O)c2O)c1O. The van der Waals surface area contributed by atoms with Crippen LogP contribution in [0.5, 0.6) is 23.0 Å². The molecule has 0 spiro atoms. The molecule has 24 nitrogen and oxygen atoms in total. The van der Waals surface area contributed by atoms with Gasteiger partial charge in [0.25, 0.3) is 22.7 Å².